The molecule has 1 N–H and O–H groups in total. The van der Waals surface area contributed by atoms with Crippen molar-refractivity contribution in [2.75, 3.05) is 19.5 Å². The summed E-state index contributed by atoms with van der Waals surface area (Å²) in [7, 11) is 2.94. The molecule has 0 fully saturated rings. The quantitative estimate of drug-likeness (QED) is 0.569. The number of anilines is 1. The molecule has 0 aliphatic rings. The van der Waals surface area contributed by atoms with Gasteiger partial charge in [-0.05, 0) is 24.3 Å². The van der Waals surface area contributed by atoms with Crippen LogP contribution < -0.4 is 15.7 Å². The van der Waals surface area contributed by atoms with E-state index in [9.17, 15) is 18.0 Å². The molecule has 0 atom stereocenters. The third-order valence-electron chi connectivity index (χ3n) is 4.46. The molecule has 144 valence electrons. The highest BCUT2D eigenvalue weighted by Gasteiger charge is 2.35. The number of alkyl halides is 3. The van der Waals surface area contributed by atoms with Gasteiger partial charge in [0.25, 0.3) is 0 Å². The predicted molar refractivity (Wildman–Crippen MR) is 98.2 cm³/mol. The normalized spacial score (nSPS) is 11.9. The Bertz CT molecular complexity index is 1260. The van der Waals surface area contributed by atoms with Crippen molar-refractivity contribution in [3.8, 4) is 11.4 Å². The van der Waals surface area contributed by atoms with Crippen LogP contribution in [0.25, 0.3) is 27.6 Å². The van der Waals surface area contributed by atoms with Crippen molar-refractivity contribution in [1.29, 1.82) is 0 Å². The van der Waals surface area contributed by atoms with Crippen molar-refractivity contribution in [3.05, 3.63) is 58.7 Å². The molecular weight excluding hydrogens is 375 g/mol. The highest BCUT2D eigenvalue weighted by molar-refractivity contribution is 6.10. The number of hydrogen-bond acceptors (Lipinski definition) is 5. The Hall–Kier alpha value is -3.49. The third-order valence-corrected chi connectivity index (χ3v) is 4.46. The second-order valence-corrected chi connectivity index (χ2v) is 5.98. The summed E-state index contributed by atoms with van der Waals surface area (Å²) in [4.78, 5) is 16.8. The lowest BCUT2D eigenvalue weighted by Crippen LogP contribution is -2.24. The SMILES string of the molecule is CNc1nc(=O)n(-c2ccccc2OC)c2cc(C(F)(F)F)c3ccoc3c12. The van der Waals surface area contributed by atoms with Gasteiger partial charge in [-0.25, -0.2) is 4.79 Å². The zero-order valence-corrected chi connectivity index (χ0v) is 14.8. The number of benzene rings is 2. The fourth-order valence-corrected chi connectivity index (χ4v) is 3.29. The standard InChI is InChI=1S/C19H14F3N3O3/c1-23-17-15-13(9-11(19(20,21)22)10-7-8-28-16(10)15)25(18(26)24-17)12-5-3-4-6-14(12)27-2/h3-9H,1-2H3,(H,23,24,26). The van der Waals surface area contributed by atoms with Crippen LogP contribution in [0.5, 0.6) is 5.75 Å². The maximum Gasteiger partial charge on any atom is 0.417 e. The lowest BCUT2D eigenvalue weighted by molar-refractivity contribution is -0.136. The van der Waals surface area contributed by atoms with E-state index in [1.54, 1.807) is 24.3 Å². The van der Waals surface area contributed by atoms with Gasteiger partial charge < -0.3 is 14.5 Å². The highest BCUT2D eigenvalue weighted by atomic mass is 19.4. The van der Waals surface area contributed by atoms with E-state index in [1.165, 1.54) is 26.5 Å². The molecule has 0 spiro atoms. The summed E-state index contributed by atoms with van der Waals surface area (Å²) in [6.07, 6.45) is -3.46. The van der Waals surface area contributed by atoms with E-state index in [0.717, 1.165) is 10.6 Å². The van der Waals surface area contributed by atoms with Gasteiger partial charge in [0.1, 0.15) is 17.2 Å². The summed E-state index contributed by atoms with van der Waals surface area (Å²) in [5.74, 6) is 0.442. The Labute approximate surface area is 156 Å². The van der Waals surface area contributed by atoms with Crippen LogP contribution in [0.2, 0.25) is 0 Å². The first-order chi connectivity index (χ1) is 13.4. The minimum atomic E-state index is -4.64. The Morgan fingerprint density at radius 1 is 1.21 bits per heavy atom. The summed E-state index contributed by atoms with van der Waals surface area (Å²) in [5.41, 5.74) is -1.39. The molecule has 4 rings (SSSR count). The number of nitrogens with zero attached hydrogens (tertiary/aromatic N) is 2. The van der Waals surface area contributed by atoms with Gasteiger partial charge in [0.05, 0.1) is 35.5 Å². The zero-order valence-electron chi connectivity index (χ0n) is 14.8. The van der Waals surface area contributed by atoms with E-state index in [-0.39, 0.29) is 33.4 Å². The van der Waals surface area contributed by atoms with Crippen molar-refractivity contribution < 1.29 is 22.3 Å². The molecule has 6 nitrogen and oxygen atoms in total. The van der Waals surface area contributed by atoms with E-state index < -0.39 is 17.4 Å². The molecule has 28 heavy (non-hydrogen) atoms. The molecule has 0 aliphatic carbocycles. The number of methoxy groups -OCH3 is 1. The number of rotatable bonds is 3. The lowest BCUT2D eigenvalue weighted by atomic mass is 10.1. The molecule has 0 saturated carbocycles. The monoisotopic (exact) mass is 389 g/mol. The van der Waals surface area contributed by atoms with Crippen LogP contribution in [0.1, 0.15) is 5.56 Å². The number of ether oxygens (including phenoxy) is 1. The minimum Gasteiger partial charge on any atom is -0.495 e. The first-order valence-corrected chi connectivity index (χ1v) is 8.22. The van der Waals surface area contributed by atoms with Crippen molar-refractivity contribution in [2.45, 2.75) is 6.18 Å². The van der Waals surface area contributed by atoms with Crippen molar-refractivity contribution >= 4 is 27.7 Å². The Morgan fingerprint density at radius 2 is 1.96 bits per heavy atom. The van der Waals surface area contributed by atoms with Crippen LogP contribution in [-0.4, -0.2) is 23.7 Å². The van der Waals surface area contributed by atoms with Gasteiger partial charge >= 0.3 is 11.9 Å². The molecule has 2 aromatic heterocycles. The number of hydrogen-bond donors (Lipinski definition) is 1. The smallest absolute Gasteiger partial charge is 0.417 e. The molecule has 2 aromatic carbocycles. The first kappa shape index (κ1) is 17.9. The average Bonchev–Trinajstić information content (AvgIpc) is 3.15. The third kappa shape index (κ3) is 2.58. The predicted octanol–water partition coefficient (Wildman–Crippen LogP) is 4.20. The number of halogens is 3. The van der Waals surface area contributed by atoms with Gasteiger partial charge in [-0.3, -0.25) is 4.57 Å². The molecule has 9 heteroatoms. The number of aromatic nitrogens is 2. The minimum absolute atomic E-state index is 0.00336. The second-order valence-electron chi connectivity index (χ2n) is 5.98. The number of para-hydroxylation sites is 2. The molecule has 4 aromatic rings. The average molecular weight is 389 g/mol. The molecule has 0 saturated heterocycles. The van der Waals surface area contributed by atoms with Gasteiger partial charge in [0.15, 0.2) is 0 Å². The first-order valence-electron chi connectivity index (χ1n) is 8.22. The van der Waals surface area contributed by atoms with Crippen LogP contribution in [0.4, 0.5) is 19.0 Å². The summed E-state index contributed by atoms with van der Waals surface area (Å²) in [6, 6.07) is 8.70. The molecular formula is C19H14F3N3O3. The molecule has 0 aliphatic heterocycles. The van der Waals surface area contributed by atoms with Crippen LogP contribution >= 0.6 is 0 Å². The maximum atomic E-state index is 13.7. The van der Waals surface area contributed by atoms with Crippen LogP contribution in [0, 0.1) is 0 Å². The molecule has 0 bridgehead atoms. The second kappa shape index (κ2) is 6.29. The Balaban J connectivity index is 2.27. The van der Waals surface area contributed by atoms with E-state index in [0.29, 0.717) is 5.75 Å². The molecule has 2 heterocycles. The van der Waals surface area contributed by atoms with E-state index in [2.05, 4.69) is 10.3 Å². The largest absolute Gasteiger partial charge is 0.495 e. The number of fused-ring (bicyclic) bond motifs is 3. The van der Waals surface area contributed by atoms with Crippen LogP contribution in [0.3, 0.4) is 0 Å². The summed E-state index contributed by atoms with van der Waals surface area (Å²) in [5, 5.41) is 2.92. The molecule has 0 radical (unpaired) electrons. The lowest BCUT2D eigenvalue weighted by Gasteiger charge is -2.17. The Morgan fingerprint density at radius 3 is 2.64 bits per heavy atom. The van der Waals surface area contributed by atoms with Crippen LogP contribution in [-0.2, 0) is 6.18 Å². The fourth-order valence-electron chi connectivity index (χ4n) is 3.29. The highest BCUT2D eigenvalue weighted by Crippen LogP contribution is 2.41. The summed E-state index contributed by atoms with van der Waals surface area (Å²) < 4.78 is 52.8. The van der Waals surface area contributed by atoms with E-state index in [4.69, 9.17) is 9.15 Å². The van der Waals surface area contributed by atoms with Crippen molar-refractivity contribution in [2.24, 2.45) is 0 Å². The van der Waals surface area contributed by atoms with Crippen LogP contribution in [0.15, 0.2) is 51.9 Å². The molecule has 0 unspecified atom stereocenters. The summed E-state index contributed by atoms with van der Waals surface area (Å²) >= 11 is 0. The van der Waals surface area contributed by atoms with E-state index in [1.807, 2.05) is 0 Å². The topological polar surface area (TPSA) is 69.3 Å². The van der Waals surface area contributed by atoms with Gasteiger partial charge in [-0.15, -0.1) is 0 Å². The van der Waals surface area contributed by atoms with Gasteiger partial charge in [-0.2, -0.15) is 18.2 Å². The zero-order chi connectivity index (χ0) is 20.1. The van der Waals surface area contributed by atoms with Gasteiger partial charge in [-0.1, -0.05) is 12.1 Å². The van der Waals surface area contributed by atoms with Gasteiger partial charge in [0, 0.05) is 12.4 Å². The van der Waals surface area contributed by atoms with Gasteiger partial charge in [0.2, 0.25) is 0 Å². The van der Waals surface area contributed by atoms with E-state index >= 15 is 0 Å². The number of nitrogens with one attached hydrogen (secondary N) is 1. The van der Waals surface area contributed by atoms with Crippen molar-refractivity contribution in [1.82, 2.24) is 9.55 Å². The fraction of sp³-hybridized carbons (Fsp3) is 0.158. The summed E-state index contributed by atoms with van der Waals surface area (Å²) in [6.45, 7) is 0. The number of furan rings is 1. The van der Waals surface area contributed by atoms with Crippen molar-refractivity contribution in [3.63, 3.8) is 0 Å². The molecule has 0 amide bonds. The maximum absolute atomic E-state index is 13.7. The Kier molecular flexibility index (Phi) is 4.02.